The first-order valence-electron chi connectivity index (χ1n) is 5.16. The van der Waals surface area contributed by atoms with Gasteiger partial charge in [0.2, 0.25) is 9.84 Å². The number of hydrogen-bond donors (Lipinski definition) is 0. The number of halogens is 1. The van der Waals surface area contributed by atoms with Gasteiger partial charge in [-0.3, -0.25) is 0 Å². The minimum atomic E-state index is -3.54. The fraction of sp³-hybridized carbons (Fsp3) is 0. The summed E-state index contributed by atoms with van der Waals surface area (Å²) in [5.74, 6) is 2.66. The van der Waals surface area contributed by atoms with Gasteiger partial charge in [-0.25, -0.2) is 8.42 Å². The quantitative estimate of drug-likeness (QED) is 0.573. The monoisotopic (exact) mass is 368 g/mol. The van der Waals surface area contributed by atoms with Crippen LogP contribution in [0.1, 0.15) is 5.56 Å². The van der Waals surface area contributed by atoms with E-state index >= 15 is 0 Å². The molecule has 0 aliphatic rings. The summed E-state index contributed by atoms with van der Waals surface area (Å²) in [5.41, 5.74) is 0.687. The minimum absolute atomic E-state index is 0.228. The van der Waals surface area contributed by atoms with Gasteiger partial charge >= 0.3 is 0 Å². The van der Waals surface area contributed by atoms with Crippen molar-refractivity contribution in [3.05, 3.63) is 63.7 Å². The maximum atomic E-state index is 11.9. The Hall–Kier alpha value is -1.32. The molecule has 0 spiro atoms. The molecule has 0 atom stereocenters. The average molecular weight is 368 g/mol. The summed E-state index contributed by atoms with van der Waals surface area (Å²) in [7, 11) is -3.54. The highest BCUT2D eigenvalue weighted by atomic mass is 127. The standard InChI is InChI=1S/C14H9IO2S/c15-13-6-8-14(9-7-13)18(16,17)11-10-12-4-2-1-3-5-12/h1-9H. The van der Waals surface area contributed by atoms with E-state index in [9.17, 15) is 8.42 Å². The summed E-state index contributed by atoms with van der Waals surface area (Å²) in [6.07, 6.45) is 0. The smallest absolute Gasteiger partial charge is 0.210 e. The highest BCUT2D eigenvalue weighted by Gasteiger charge is 2.09. The number of rotatable bonds is 1. The fourth-order valence-corrected chi connectivity index (χ4v) is 2.54. The van der Waals surface area contributed by atoms with E-state index in [1.165, 1.54) is 0 Å². The molecule has 18 heavy (non-hydrogen) atoms. The third kappa shape index (κ3) is 3.34. The van der Waals surface area contributed by atoms with Gasteiger partial charge < -0.3 is 0 Å². The van der Waals surface area contributed by atoms with Crippen molar-refractivity contribution < 1.29 is 8.42 Å². The van der Waals surface area contributed by atoms with Crippen molar-refractivity contribution in [2.75, 3.05) is 0 Å². The van der Waals surface area contributed by atoms with Crippen LogP contribution in [0.15, 0.2) is 59.5 Å². The second-order valence-corrected chi connectivity index (χ2v) is 6.48. The van der Waals surface area contributed by atoms with Crippen molar-refractivity contribution >= 4 is 32.4 Å². The summed E-state index contributed by atoms with van der Waals surface area (Å²) in [6, 6.07) is 15.7. The van der Waals surface area contributed by atoms with Crippen LogP contribution in [0.3, 0.4) is 0 Å². The van der Waals surface area contributed by atoms with E-state index in [2.05, 4.69) is 33.8 Å². The van der Waals surface area contributed by atoms with Crippen molar-refractivity contribution in [2.45, 2.75) is 4.90 Å². The zero-order chi connectivity index (χ0) is 13.0. The van der Waals surface area contributed by atoms with Crippen LogP contribution in [-0.2, 0) is 9.84 Å². The van der Waals surface area contributed by atoms with Gasteiger partial charge in [0.25, 0.3) is 0 Å². The molecular formula is C14H9IO2S. The maximum absolute atomic E-state index is 11.9. The molecular weight excluding hydrogens is 359 g/mol. The molecule has 0 aromatic heterocycles. The van der Waals surface area contributed by atoms with E-state index < -0.39 is 9.84 Å². The van der Waals surface area contributed by atoms with Gasteiger partial charge in [-0.2, -0.15) is 0 Å². The van der Waals surface area contributed by atoms with Gasteiger partial charge in [0.15, 0.2) is 0 Å². The molecule has 0 aliphatic heterocycles. The highest BCUT2D eigenvalue weighted by Crippen LogP contribution is 2.13. The Morgan fingerprint density at radius 1 is 0.889 bits per heavy atom. The Labute approximate surface area is 120 Å². The van der Waals surface area contributed by atoms with Crippen molar-refractivity contribution in [2.24, 2.45) is 0 Å². The lowest BCUT2D eigenvalue weighted by Crippen LogP contribution is -1.96. The maximum Gasteiger partial charge on any atom is 0.245 e. The number of hydrogen-bond acceptors (Lipinski definition) is 2. The summed E-state index contributed by atoms with van der Waals surface area (Å²) < 4.78 is 24.9. The third-order valence-electron chi connectivity index (χ3n) is 2.23. The first-order chi connectivity index (χ1) is 8.58. The second kappa shape index (κ2) is 5.55. The lowest BCUT2D eigenvalue weighted by atomic mass is 10.2. The summed E-state index contributed by atoms with van der Waals surface area (Å²) in [5, 5.41) is 2.33. The number of sulfone groups is 1. The van der Waals surface area contributed by atoms with Gasteiger partial charge in [0, 0.05) is 14.4 Å². The van der Waals surface area contributed by atoms with Gasteiger partial charge in [0.05, 0.1) is 4.90 Å². The lowest BCUT2D eigenvalue weighted by molar-refractivity contribution is 0.606. The molecule has 90 valence electrons. The molecule has 0 aliphatic carbocycles. The first-order valence-corrected chi connectivity index (χ1v) is 7.72. The zero-order valence-electron chi connectivity index (χ0n) is 9.30. The molecule has 0 N–H and O–H groups in total. The van der Waals surface area contributed by atoms with Gasteiger partial charge in [-0.1, -0.05) is 18.2 Å². The van der Waals surface area contributed by atoms with Crippen LogP contribution in [0, 0.1) is 14.7 Å². The molecule has 0 amide bonds. The summed E-state index contributed by atoms with van der Waals surface area (Å²) in [6.45, 7) is 0. The van der Waals surface area contributed by atoms with Gasteiger partial charge in [-0.15, -0.1) is 0 Å². The molecule has 2 rings (SSSR count). The number of benzene rings is 2. The molecule has 2 aromatic carbocycles. The van der Waals surface area contributed by atoms with Gasteiger partial charge in [0.1, 0.15) is 0 Å². The highest BCUT2D eigenvalue weighted by molar-refractivity contribution is 14.1. The summed E-state index contributed by atoms with van der Waals surface area (Å²) >= 11 is 2.12. The van der Waals surface area contributed by atoms with E-state index in [0.29, 0.717) is 5.56 Å². The van der Waals surface area contributed by atoms with Crippen LogP contribution in [0.4, 0.5) is 0 Å². The van der Waals surface area contributed by atoms with Gasteiger partial charge in [-0.05, 0) is 64.9 Å². The van der Waals surface area contributed by atoms with E-state index in [0.717, 1.165) is 3.57 Å². The molecule has 0 radical (unpaired) electrons. The normalized spacial score (nSPS) is 10.5. The van der Waals surface area contributed by atoms with Crippen molar-refractivity contribution in [3.63, 3.8) is 0 Å². The summed E-state index contributed by atoms with van der Waals surface area (Å²) in [4.78, 5) is 0.228. The first kappa shape index (κ1) is 13.1. The predicted molar refractivity (Wildman–Crippen MR) is 79.7 cm³/mol. The SMILES string of the molecule is O=S(=O)(C#Cc1ccccc1)c1ccc(I)cc1. The molecule has 0 saturated heterocycles. The van der Waals surface area contributed by atoms with Crippen LogP contribution in [0.5, 0.6) is 0 Å². The van der Waals surface area contributed by atoms with Crippen molar-refractivity contribution in [3.8, 4) is 11.2 Å². The van der Waals surface area contributed by atoms with E-state index in [1.807, 2.05) is 18.2 Å². The Morgan fingerprint density at radius 2 is 1.50 bits per heavy atom. The Morgan fingerprint density at radius 3 is 2.11 bits per heavy atom. The molecule has 2 nitrogen and oxygen atoms in total. The molecule has 4 heteroatoms. The van der Waals surface area contributed by atoms with Crippen LogP contribution in [-0.4, -0.2) is 8.42 Å². The lowest BCUT2D eigenvalue weighted by Gasteiger charge is -1.96. The Kier molecular flexibility index (Phi) is 4.04. The van der Waals surface area contributed by atoms with Crippen molar-refractivity contribution in [1.82, 2.24) is 0 Å². The predicted octanol–water partition coefficient (Wildman–Crippen LogP) is 3.07. The molecule has 0 fully saturated rings. The van der Waals surface area contributed by atoms with E-state index in [1.54, 1.807) is 36.4 Å². The molecule has 0 unspecified atom stereocenters. The van der Waals surface area contributed by atoms with E-state index in [-0.39, 0.29) is 4.90 Å². The van der Waals surface area contributed by atoms with Crippen LogP contribution in [0.2, 0.25) is 0 Å². The average Bonchev–Trinajstić information content (AvgIpc) is 2.38. The topological polar surface area (TPSA) is 34.1 Å². The molecule has 2 aromatic rings. The molecule has 0 heterocycles. The minimum Gasteiger partial charge on any atom is -0.210 e. The second-order valence-electron chi connectivity index (χ2n) is 3.55. The fourth-order valence-electron chi connectivity index (χ4n) is 1.32. The van der Waals surface area contributed by atoms with Crippen LogP contribution >= 0.6 is 22.6 Å². The molecule has 0 bridgehead atoms. The third-order valence-corrected chi connectivity index (χ3v) is 4.21. The van der Waals surface area contributed by atoms with Crippen LogP contribution < -0.4 is 0 Å². The Balaban J connectivity index is 2.34. The van der Waals surface area contributed by atoms with Crippen molar-refractivity contribution in [1.29, 1.82) is 0 Å². The van der Waals surface area contributed by atoms with E-state index in [4.69, 9.17) is 0 Å². The zero-order valence-corrected chi connectivity index (χ0v) is 12.3. The largest absolute Gasteiger partial charge is 0.245 e. The molecule has 0 saturated carbocycles. The van der Waals surface area contributed by atoms with Crippen LogP contribution in [0.25, 0.3) is 0 Å². The Bertz CT molecular complexity index is 693.